The van der Waals surface area contributed by atoms with E-state index in [0.29, 0.717) is 16.2 Å². The van der Waals surface area contributed by atoms with Gasteiger partial charge >= 0.3 is 0 Å². The molecule has 0 aromatic carbocycles. The molecule has 0 N–H and O–H groups in total. The standard InChI is InChI=1S/C12H9BrO3S/c1-7-8(4-5-16-7)9(14)6-10(15)11-2-3-12(13)17-11/h2-5H,6H2,1H3. The summed E-state index contributed by atoms with van der Waals surface area (Å²) in [5, 5.41) is 0. The molecule has 2 aromatic heterocycles. The van der Waals surface area contributed by atoms with E-state index in [2.05, 4.69) is 15.9 Å². The van der Waals surface area contributed by atoms with Crippen molar-refractivity contribution < 1.29 is 14.0 Å². The number of thiophene rings is 1. The zero-order chi connectivity index (χ0) is 12.4. The van der Waals surface area contributed by atoms with Gasteiger partial charge in [-0.15, -0.1) is 11.3 Å². The van der Waals surface area contributed by atoms with Gasteiger partial charge in [-0.25, -0.2) is 0 Å². The van der Waals surface area contributed by atoms with Gasteiger partial charge in [0.1, 0.15) is 5.76 Å². The molecular weight excluding hydrogens is 304 g/mol. The first-order chi connectivity index (χ1) is 8.08. The molecule has 0 aliphatic heterocycles. The molecule has 0 spiro atoms. The van der Waals surface area contributed by atoms with Gasteiger partial charge in [0.15, 0.2) is 11.6 Å². The van der Waals surface area contributed by atoms with Crippen LogP contribution in [-0.2, 0) is 0 Å². The van der Waals surface area contributed by atoms with E-state index in [1.54, 1.807) is 25.1 Å². The molecule has 3 nitrogen and oxygen atoms in total. The quantitative estimate of drug-likeness (QED) is 0.636. The fourth-order valence-electron chi connectivity index (χ4n) is 1.47. The number of furan rings is 1. The van der Waals surface area contributed by atoms with Crippen molar-refractivity contribution >= 4 is 38.8 Å². The molecule has 0 aliphatic carbocycles. The van der Waals surface area contributed by atoms with E-state index >= 15 is 0 Å². The second-order valence-electron chi connectivity index (χ2n) is 3.52. The minimum atomic E-state index is -0.203. The molecule has 0 bridgehead atoms. The summed E-state index contributed by atoms with van der Waals surface area (Å²) in [6, 6.07) is 5.10. The van der Waals surface area contributed by atoms with Crippen molar-refractivity contribution in [2.75, 3.05) is 0 Å². The summed E-state index contributed by atoms with van der Waals surface area (Å²) in [7, 11) is 0. The Morgan fingerprint density at radius 1 is 1.29 bits per heavy atom. The Kier molecular flexibility index (Phi) is 3.59. The highest BCUT2D eigenvalue weighted by atomic mass is 79.9. The number of aryl methyl sites for hydroxylation is 1. The van der Waals surface area contributed by atoms with Crippen molar-refractivity contribution in [1.82, 2.24) is 0 Å². The number of hydrogen-bond donors (Lipinski definition) is 0. The van der Waals surface area contributed by atoms with Crippen molar-refractivity contribution in [3.05, 3.63) is 44.4 Å². The van der Waals surface area contributed by atoms with Crippen molar-refractivity contribution in [3.63, 3.8) is 0 Å². The SMILES string of the molecule is Cc1occc1C(=O)CC(=O)c1ccc(Br)s1. The number of carbonyl (C=O) groups excluding carboxylic acids is 2. The molecule has 5 heteroatoms. The van der Waals surface area contributed by atoms with Gasteiger partial charge in [-0.05, 0) is 41.1 Å². The number of halogens is 1. The minimum Gasteiger partial charge on any atom is -0.469 e. The molecule has 0 radical (unpaired) electrons. The molecule has 0 aliphatic rings. The topological polar surface area (TPSA) is 47.3 Å². The van der Waals surface area contributed by atoms with Crippen LogP contribution in [0.1, 0.15) is 32.2 Å². The van der Waals surface area contributed by atoms with Crippen LogP contribution >= 0.6 is 27.3 Å². The highest BCUT2D eigenvalue weighted by molar-refractivity contribution is 9.11. The summed E-state index contributed by atoms with van der Waals surface area (Å²) in [5.74, 6) is 0.187. The smallest absolute Gasteiger partial charge is 0.180 e. The average Bonchev–Trinajstić information content (AvgIpc) is 2.86. The fraction of sp³-hybridized carbons (Fsp3) is 0.167. The van der Waals surface area contributed by atoms with Crippen molar-refractivity contribution in [2.45, 2.75) is 13.3 Å². The predicted octanol–water partition coefficient (Wildman–Crippen LogP) is 3.87. The first-order valence-corrected chi connectivity index (χ1v) is 6.54. The Balaban J connectivity index is 2.10. The molecule has 0 saturated heterocycles. The van der Waals surface area contributed by atoms with Gasteiger partial charge in [0, 0.05) is 0 Å². The summed E-state index contributed by atoms with van der Waals surface area (Å²) >= 11 is 4.61. The van der Waals surface area contributed by atoms with Crippen LogP contribution in [0.5, 0.6) is 0 Å². The lowest BCUT2D eigenvalue weighted by atomic mass is 10.1. The van der Waals surface area contributed by atoms with E-state index in [1.807, 2.05) is 0 Å². The molecule has 0 unspecified atom stereocenters. The number of Topliss-reactive ketones (excluding diaryl/α,β-unsaturated/α-hetero) is 2. The summed E-state index contributed by atoms with van der Waals surface area (Å²) in [4.78, 5) is 24.2. The zero-order valence-electron chi connectivity index (χ0n) is 9.03. The van der Waals surface area contributed by atoms with E-state index in [0.717, 1.165) is 3.79 Å². The number of carbonyl (C=O) groups is 2. The van der Waals surface area contributed by atoms with E-state index in [9.17, 15) is 9.59 Å². The normalized spacial score (nSPS) is 10.5. The van der Waals surface area contributed by atoms with E-state index in [-0.39, 0.29) is 18.0 Å². The van der Waals surface area contributed by atoms with Gasteiger partial charge in [0.25, 0.3) is 0 Å². The summed E-state index contributed by atoms with van der Waals surface area (Å²) in [6.07, 6.45) is 1.34. The van der Waals surface area contributed by atoms with E-state index in [1.165, 1.54) is 17.6 Å². The summed E-state index contributed by atoms with van der Waals surface area (Å²) in [6.45, 7) is 1.71. The number of rotatable bonds is 4. The molecule has 2 rings (SSSR count). The maximum absolute atomic E-state index is 11.8. The third-order valence-corrected chi connectivity index (χ3v) is 3.99. The fourth-order valence-corrected chi connectivity index (χ4v) is 2.79. The van der Waals surface area contributed by atoms with Crippen molar-refractivity contribution in [3.8, 4) is 0 Å². The van der Waals surface area contributed by atoms with Crippen LogP contribution in [0.3, 0.4) is 0 Å². The Morgan fingerprint density at radius 3 is 2.59 bits per heavy atom. The molecule has 0 saturated carbocycles. The van der Waals surface area contributed by atoms with Crippen LogP contribution in [0, 0.1) is 6.92 Å². The van der Waals surface area contributed by atoms with Gasteiger partial charge in [-0.2, -0.15) is 0 Å². The second kappa shape index (κ2) is 4.98. The maximum Gasteiger partial charge on any atom is 0.180 e. The lowest BCUT2D eigenvalue weighted by Gasteiger charge is -1.97. The molecule has 2 heterocycles. The Labute approximate surface area is 111 Å². The van der Waals surface area contributed by atoms with Crippen molar-refractivity contribution in [1.29, 1.82) is 0 Å². The van der Waals surface area contributed by atoms with Crippen LogP contribution < -0.4 is 0 Å². The van der Waals surface area contributed by atoms with Crippen LogP contribution in [0.4, 0.5) is 0 Å². The molecule has 17 heavy (non-hydrogen) atoms. The Morgan fingerprint density at radius 2 is 2.06 bits per heavy atom. The lowest BCUT2D eigenvalue weighted by molar-refractivity contribution is 0.0896. The Hall–Kier alpha value is -1.20. The van der Waals surface area contributed by atoms with Gasteiger partial charge in [-0.3, -0.25) is 9.59 Å². The van der Waals surface area contributed by atoms with Crippen LogP contribution in [0.15, 0.2) is 32.7 Å². The highest BCUT2D eigenvalue weighted by Gasteiger charge is 2.17. The average molecular weight is 313 g/mol. The summed E-state index contributed by atoms with van der Waals surface area (Å²) < 4.78 is 5.92. The van der Waals surface area contributed by atoms with Gasteiger partial charge in [0.05, 0.1) is 26.9 Å². The lowest BCUT2D eigenvalue weighted by Crippen LogP contribution is -2.07. The number of hydrogen-bond acceptors (Lipinski definition) is 4. The molecule has 0 fully saturated rings. The van der Waals surface area contributed by atoms with Gasteiger partial charge < -0.3 is 4.42 Å². The van der Waals surface area contributed by atoms with Crippen LogP contribution in [0.25, 0.3) is 0 Å². The molecular formula is C12H9BrO3S. The second-order valence-corrected chi connectivity index (χ2v) is 5.98. The minimum absolute atomic E-state index is 0.118. The molecule has 2 aromatic rings. The molecule has 88 valence electrons. The first-order valence-electron chi connectivity index (χ1n) is 4.94. The Bertz CT molecular complexity index is 568. The van der Waals surface area contributed by atoms with Gasteiger partial charge in [-0.1, -0.05) is 0 Å². The predicted molar refractivity (Wildman–Crippen MR) is 68.7 cm³/mol. The maximum atomic E-state index is 11.8. The molecule has 0 amide bonds. The van der Waals surface area contributed by atoms with Gasteiger partial charge in [0.2, 0.25) is 0 Å². The molecule has 0 atom stereocenters. The largest absolute Gasteiger partial charge is 0.469 e. The third-order valence-electron chi connectivity index (χ3n) is 2.33. The van der Waals surface area contributed by atoms with Crippen molar-refractivity contribution in [2.24, 2.45) is 0 Å². The first kappa shape index (κ1) is 12.3. The third kappa shape index (κ3) is 2.73. The highest BCUT2D eigenvalue weighted by Crippen LogP contribution is 2.24. The van der Waals surface area contributed by atoms with Crippen LogP contribution in [-0.4, -0.2) is 11.6 Å². The number of ketones is 2. The van der Waals surface area contributed by atoms with Crippen LogP contribution in [0.2, 0.25) is 0 Å². The monoisotopic (exact) mass is 312 g/mol. The zero-order valence-corrected chi connectivity index (χ0v) is 11.4. The summed E-state index contributed by atoms with van der Waals surface area (Å²) in [5.41, 5.74) is 0.481. The van der Waals surface area contributed by atoms with E-state index in [4.69, 9.17) is 4.42 Å². The van der Waals surface area contributed by atoms with E-state index < -0.39 is 0 Å².